The summed E-state index contributed by atoms with van der Waals surface area (Å²) in [6, 6.07) is 20.6. The van der Waals surface area contributed by atoms with Crippen molar-refractivity contribution in [3.05, 3.63) is 94.4 Å². The monoisotopic (exact) mass is 443 g/mol. The molecule has 6 nitrogen and oxygen atoms in total. The lowest BCUT2D eigenvalue weighted by Gasteiger charge is -2.17. The average Bonchev–Trinajstić information content (AvgIpc) is 3.22. The number of carbonyl (C=O) groups excluding carboxylic acids is 2. The number of unbranched alkanes of at least 4 members (excludes halogenated alkanes) is 1. The van der Waals surface area contributed by atoms with E-state index >= 15 is 0 Å². The summed E-state index contributed by atoms with van der Waals surface area (Å²) < 4.78 is 1.63. The van der Waals surface area contributed by atoms with Crippen molar-refractivity contribution in [2.24, 2.45) is 5.92 Å². The van der Waals surface area contributed by atoms with E-state index in [9.17, 15) is 14.4 Å². The lowest BCUT2D eigenvalue weighted by molar-refractivity contribution is -0.122. The molecule has 1 N–H and O–H groups in total. The maximum absolute atomic E-state index is 12.8. The minimum Gasteiger partial charge on any atom is -0.326 e. The van der Waals surface area contributed by atoms with Gasteiger partial charge in [-0.25, -0.2) is 0 Å². The molecule has 2 amide bonds. The van der Waals surface area contributed by atoms with Crippen LogP contribution in [0.5, 0.6) is 0 Å². The van der Waals surface area contributed by atoms with Crippen LogP contribution in [-0.2, 0) is 22.6 Å². The van der Waals surface area contributed by atoms with E-state index in [1.165, 1.54) is 11.6 Å². The van der Waals surface area contributed by atoms with Gasteiger partial charge in [-0.3, -0.25) is 14.4 Å². The first-order valence-corrected chi connectivity index (χ1v) is 11.5. The van der Waals surface area contributed by atoms with Crippen LogP contribution < -0.4 is 15.8 Å². The van der Waals surface area contributed by atoms with Gasteiger partial charge < -0.3 is 14.8 Å². The molecule has 1 atom stereocenters. The van der Waals surface area contributed by atoms with Crippen LogP contribution in [0.4, 0.5) is 11.4 Å². The van der Waals surface area contributed by atoms with Crippen molar-refractivity contribution in [1.29, 1.82) is 0 Å². The van der Waals surface area contributed by atoms with Crippen LogP contribution >= 0.6 is 0 Å². The van der Waals surface area contributed by atoms with Crippen LogP contribution in [0.3, 0.4) is 0 Å². The van der Waals surface area contributed by atoms with Crippen LogP contribution in [0.25, 0.3) is 0 Å². The number of aryl methyl sites for hydroxylation is 1. The van der Waals surface area contributed by atoms with Gasteiger partial charge in [0.15, 0.2) is 0 Å². The van der Waals surface area contributed by atoms with E-state index < -0.39 is 0 Å². The molecule has 2 aromatic carbocycles. The second-order valence-corrected chi connectivity index (χ2v) is 8.53. The van der Waals surface area contributed by atoms with E-state index in [2.05, 4.69) is 24.4 Å². The van der Waals surface area contributed by atoms with Gasteiger partial charge >= 0.3 is 0 Å². The molecule has 3 aromatic rings. The number of hydrogen-bond acceptors (Lipinski definition) is 3. The highest BCUT2D eigenvalue weighted by atomic mass is 16.2. The summed E-state index contributed by atoms with van der Waals surface area (Å²) >= 11 is 0. The van der Waals surface area contributed by atoms with Crippen molar-refractivity contribution in [2.75, 3.05) is 16.8 Å². The molecule has 1 unspecified atom stereocenters. The summed E-state index contributed by atoms with van der Waals surface area (Å²) in [4.78, 5) is 38.9. The van der Waals surface area contributed by atoms with E-state index in [-0.39, 0.29) is 29.7 Å². The summed E-state index contributed by atoms with van der Waals surface area (Å²) in [5.41, 5.74) is 3.69. The van der Waals surface area contributed by atoms with Crippen molar-refractivity contribution < 1.29 is 9.59 Å². The van der Waals surface area contributed by atoms with Gasteiger partial charge in [-0.15, -0.1) is 0 Å². The molecule has 33 heavy (non-hydrogen) atoms. The zero-order valence-electron chi connectivity index (χ0n) is 18.9. The number of rotatable bonds is 8. The highest BCUT2D eigenvalue weighted by Gasteiger charge is 2.35. The number of nitrogens with zero attached hydrogens (tertiary/aromatic N) is 2. The number of anilines is 2. The number of hydrogen-bond donors (Lipinski definition) is 1. The minimum atomic E-state index is -0.389. The van der Waals surface area contributed by atoms with Gasteiger partial charge in [0, 0.05) is 36.6 Å². The fourth-order valence-electron chi connectivity index (χ4n) is 4.08. The number of amides is 2. The van der Waals surface area contributed by atoms with Crippen molar-refractivity contribution >= 4 is 23.2 Å². The Morgan fingerprint density at radius 1 is 0.970 bits per heavy atom. The van der Waals surface area contributed by atoms with E-state index in [4.69, 9.17) is 0 Å². The lowest BCUT2D eigenvalue weighted by Crippen LogP contribution is -2.28. The molecule has 6 heteroatoms. The van der Waals surface area contributed by atoms with Crippen molar-refractivity contribution in [1.82, 2.24) is 4.57 Å². The molecule has 4 rings (SSSR count). The standard InChI is InChI=1S/C27H29N3O3/c1-2-3-6-20-10-14-24(15-11-20)30-19-22(17-26(30)32)27(33)28-23-12-8-21(9-13-23)18-29-16-5-4-7-25(29)31/h4-5,7-16,22H,2-3,6,17-19H2,1H3,(H,28,33). The number of nitrogens with one attached hydrogen (secondary N) is 1. The Morgan fingerprint density at radius 3 is 2.39 bits per heavy atom. The summed E-state index contributed by atoms with van der Waals surface area (Å²) in [5.74, 6) is -0.572. The van der Waals surface area contributed by atoms with Gasteiger partial charge in [-0.1, -0.05) is 43.7 Å². The third-order valence-electron chi connectivity index (χ3n) is 6.04. The summed E-state index contributed by atoms with van der Waals surface area (Å²) in [6.07, 6.45) is 5.30. The van der Waals surface area contributed by atoms with Crippen molar-refractivity contribution in [3.8, 4) is 0 Å². The van der Waals surface area contributed by atoms with Gasteiger partial charge in [0.25, 0.3) is 5.56 Å². The third-order valence-corrected chi connectivity index (χ3v) is 6.04. The first-order chi connectivity index (χ1) is 16.0. The van der Waals surface area contributed by atoms with Gasteiger partial charge in [0.2, 0.25) is 11.8 Å². The van der Waals surface area contributed by atoms with Crippen LogP contribution in [0.15, 0.2) is 77.7 Å². The molecule has 0 spiro atoms. The first-order valence-electron chi connectivity index (χ1n) is 11.5. The predicted octanol–water partition coefficient (Wildman–Crippen LogP) is 4.23. The Morgan fingerprint density at radius 2 is 1.70 bits per heavy atom. The van der Waals surface area contributed by atoms with Gasteiger partial charge in [-0.05, 0) is 54.3 Å². The quantitative estimate of drug-likeness (QED) is 0.566. The van der Waals surface area contributed by atoms with E-state index in [1.54, 1.807) is 21.7 Å². The maximum atomic E-state index is 12.8. The van der Waals surface area contributed by atoms with Crippen LogP contribution in [-0.4, -0.2) is 22.9 Å². The SMILES string of the molecule is CCCCc1ccc(N2CC(C(=O)Nc3ccc(Cn4ccccc4=O)cc3)CC2=O)cc1. The number of carbonyl (C=O) groups is 2. The van der Waals surface area contributed by atoms with Crippen LogP contribution in [0.2, 0.25) is 0 Å². The maximum Gasteiger partial charge on any atom is 0.250 e. The Labute approximate surface area is 193 Å². The molecule has 2 heterocycles. The Balaban J connectivity index is 1.34. The van der Waals surface area contributed by atoms with Crippen molar-refractivity contribution in [2.45, 2.75) is 39.2 Å². The molecule has 0 saturated carbocycles. The van der Waals surface area contributed by atoms with Crippen molar-refractivity contribution in [3.63, 3.8) is 0 Å². The molecule has 1 aromatic heterocycles. The van der Waals surface area contributed by atoms with Crippen LogP contribution in [0.1, 0.15) is 37.3 Å². The largest absolute Gasteiger partial charge is 0.326 e. The molecule has 0 radical (unpaired) electrons. The van der Waals surface area contributed by atoms with Crippen LogP contribution in [0, 0.1) is 5.92 Å². The molecule has 170 valence electrons. The Kier molecular flexibility index (Phi) is 7.03. The number of benzene rings is 2. The fraction of sp³-hybridized carbons (Fsp3) is 0.296. The second-order valence-electron chi connectivity index (χ2n) is 8.53. The molecular weight excluding hydrogens is 414 g/mol. The van der Waals surface area contributed by atoms with E-state index in [0.717, 1.165) is 30.5 Å². The molecule has 1 aliphatic heterocycles. The van der Waals surface area contributed by atoms with Gasteiger partial charge in [-0.2, -0.15) is 0 Å². The normalized spacial score (nSPS) is 15.6. The topological polar surface area (TPSA) is 71.4 Å². The highest BCUT2D eigenvalue weighted by molar-refractivity contribution is 6.03. The number of pyridine rings is 1. The summed E-state index contributed by atoms with van der Waals surface area (Å²) in [7, 11) is 0. The fourth-order valence-corrected chi connectivity index (χ4v) is 4.08. The van der Waals surface area contributed by atoms with E-state index in [0.29, 0.717) is 18.8 Å². The summed E-state index contributed by atoms with van der Waals surface area (Å²) in [5, 5.41) is 2.92. The van der Waals surface area contributed by atoms with Gasteiger partial charge in [0.1, 0.15) is 0 Å². The third kappa shape index (κ3) is 5.58. The molecule has 1 saturated heterocycles. The molecule has 1 aliphatic rings. The Hall–Kier alpha value is -3.67. The van der Waals surface area contributed by atoms with Gasteiger partial charge in [0.05, 0.1) is 12.5 Å². The predicted molar refractivity (Wildman–Crippen MR) is 130 cm³/mol. The average molecular weight is 444 g/mol. The molecular formula is C27H29N3O3. The smallest absolute Gasteiger partial charge is 0.250 e. The van der Waals surface area contributed by atoms with E-state index in [1.807, 2.05) is 42.5 Å². The molecule has 0 aliphatic carbocycles. The minimum absolute atomic E-state index is 0.0277. The molecule has 1 fully saturated rings. The second kappa shape index (κ2) is 10.3. The highest BCUT2D eigenvalue weighted by Crippen LogP contribution is 2.26. The zero-order valence-corrected chi connectivity index (χ0v) is 18.9. The first kappa shape index (κ1) is 22.5. The summed E-state index contributed by atoms with van der Waals surface area (Å²) in [6.45, 7) is 3.02. The zero-order chi connectivity index (χ0) is 23.2. The Bertz CT molecular complexity index is 1170. The number of aromatic nitrogens is 1. The molecule has 0 bridgehead atoms. The lowest BCUT2D eigenvalue weighted by atomic mass is 10.1.